The van der Waals surface area contributed by atoms with Gasteiger partial charge in [-0.15, -0.1) is 12.4 Å². The lowest BCUT2D eigenvalue weighted by Gasteiger charge is -2.23. The van der Waals surface area contributed by atoms with E-state index in [0.717, 1.165) is 5.56 Å². The monoisotopic (exact) mass is 230 g/mol. The Balaban J connectivity index is 0.00000196. The molecule has 3 N–H and O–H groups in total. The standard InChI is InChI=1S/C10H14N2O2.ClH/c1-10(2,12-14)9(11-13)8-6-4-3-5-7-8;/h3-7,12-14H,1-2H3;1H. The first-order valence-corrected chi connectivity index (χ1v) is 4.31. The van der Waals surface area contributed by atoms with E-state index in [-0.39, 0.29) is 12.4 Å². The first-order valence-electron chi connectivity index (χ1n) is 4.31. The maximum Gasteiger partial charge on any atom is 0.108 e. The van der Waals surface area contributed by atoms with Crippen LogP contribution in [-0.4, -0.2) is 21.7 Å². The summed E-state index contributed by atoms with van der Waals surface area (Å²) in [6.45, 7) is 3.43. The fourth-order valence-electron chi connectivity index (χ4n) is 1.19. The molecule has 5 heteroatoms. The Bertz CT molecular complexity index is 325. The van der Waals surface area contributed by atoms with Crippen molar-refractivity contribution in [3.05, 3.63) is 35.9 Å². The summed E-state index contributed by atoms with van der Waals surface area (Å²) < 4.78 is 0. The van der Waals surface area contributed by atoms with Crippen molar-refractivity contribution >= 4 is 18.1 Å². The summed E-state index contributed by atoms with van der Waals surface area (Å²) in [5, 5.41) is 21.0. The lowest BCUT2D eigenvalue weighted by molar-refractivity contribution is 0.113. The Labute approximate surface area is 95.0 Å². The molecule has 84 valence electrons. The summed E-state index contributed by atoms with van der Waals surface area (Å²) in [5.41, 5.74) is 2.47. The molecule has 1 aromatic carbocycles. The number of hydroxylamine groups is 1. The summed E-state index contributed by atoms with van der Waals surface area (Å²) >= 11 is 0. The topological polar surface area (TPSA) is 64.8 Å². The predicted molar refractivity (Wildman–Crippen MR) is 61.0 cm³/mol. The molecule has 0 heterocycles. The highest BCUT2D eigenvalue weighted by Crippen LogP contribution is 2.13. The van der Waals surface area contributed by atoms with Gasteiger partial charge in [0, 0.05) is 5.56 Å². The van der Waals surface area contributed by atoms with Crippen LogP contribution in [0.5, 0.6) is 0 Å². The van der Waals surface area contributed by atoms with Crippen molar-refractivity contribution in [2.75, 3.05) is 0 Å². The molecule has 0 atom stereocenters. The average Bonchev–Trinajstić information content (AvgIpc) is 2.20. The van der Waals surface area contributed by atoms with Crippen LogP contribution in [0, 0.1) is 0 Å². The zero-order chi connectivity index (χ0) is 10.6. The van der Waals surface area contributed by atoms with Gasteiger partial charge >= 0.3 is 0 Å². The molecule has 0 saturated carbocycles. The van der Waals surface area contributed by atoms with Gasteiger partial charge in [-0.2, -0.15) is 5.48 Å². The van der Waals surface area contributed by atoms with E-state index in [9.17, 15) is 0 Å². The van der Waals surface area contributed by atoms with E-state index in [4.69, 9.17) is 10.4 Å². The first-order chi connectivity index (χ1) is 6.61. The van der Waals surface area contributed by atoms with Crippen molar-refractivity contribution in [2.45, 2.75) is 19.4 Å². The third-order valence-corrected chi connectivity index (χ3v) is 2.02. The summed E-state index contributed by atoms with van der Waals surface area (Å²) in [6, 6.07) is 9.18. The number of nitrogens with one attached hydrogen (secondary N) is 1. The van der Waals surface area contributed by atoms with Crippen LogP contribution in [0.25, 0.3) is 0 Å². The van der Waals surface area contributed by atoms with E-state index in [1.54, 1.807) is 13.8 Å². The summed E-state index contributed by atoms with van der Waals surface area (Å²) in [5.74, 6) is 0. The Morgan fingerprint density at radius 1 is 1.27 bits per heavy atom. The maximum atomic E-state index is 8.91. The Morgan fingerprint density at radius 3 is 2.20 bits per heavy atom. The lowest BCUT2D eigenvalue weighted by atomic mass is 9.93. The fourth-order valence-corrected chi connectivity index (χ4v) is 1.19. The van der Waals surface area contributed by atoms with Gasteiger partial charge in [-0.1, -0.05) is 35.5 Å². The number of oxime groups is 1. The highest BCUT2D eigenvalue weighted by molar-refractivity contribution is 6.06. The number of benzene rings is 1. The van der Waals surface area contributed by atoms with Gasteiger partial charge in [0.1, 0.15) is 5.71 Å². The Hall–Kier alpha value is -1.10. The van der Waals surface area contributed by atoms with Gasteiger partial charge in [0.05, 0.1) is 5.54 Å². The van der Waals surface area contributed by atoms with Crippen LogP contribution in [-0.2, 0) is 0 Å². The second kappa shape index (κ2) is 5.70. The third kappa shape index (κ3) is 3.20. The van der Waals surface area contributed by atoms with Crippen molar-refractivity contribution in [1.82, 2.24) is 5.48 Å². The summed E-state index contributed by atoms with van der Waals surface area (Å²) in [6.07, 6.45) is 0. The minimum absolute atomic E-state index is 0. The minimum atomic E-state index is -0.782. The molecule has 1 rings (SSSR count). The van der Waals surface area contributed by atoms with Gasteiger partial charge in [0.15, 0.2) is 0 Å². The zero-order valence-electron chi connectivity index (χ0n) is 8.64. The highest BCUT2D eigenvalue weighted by Gasteiger charge is 2.25. The normalized spacial score (nSPS) is 12.1. The maximum absolute atomic E-state index is 8.91. The molecule has 4 nitrogen and oxygen atoms in total. The highest BCUT2D eigenvalue weighted by atomic mass is 35.5. The molecule has 0 aliphatic rings. The van der Waals surface area contributed by atoms with Crippen molar-refractivity contribution in [3.8, 4) is 0 Å². The molecule has 15 heavy (non-hydrogen) atoms. The van der Waals surface area contributed by atoms with Gasteiger partial charge in [0.25, 0.3) is 0 Å². The van der Waals surface area contributed by atoms with Crippen molar-refractivity contribution in [3.63, 3.8) is 0 Å². The molecule has 0 spiro atoms. The van der Waals surface area contributed by atoms with Crippen LogP contribution in [0.15, 0.2) is 35.5 Å². The second-order valence-electron chi connectivity index (χ2n) is 3.55. The quantitative estimate of drug-likeness (QED) is 0.423. The number of hydrogen-bond donors (Lipinski definition) is 3. The van der Waals surface area contributed by atoms with Crippen molar-refractivity contribution in [1.29, 1.82) is 0 Å². The van der Waals surface area contributed by atoms with E-state index < -0.39 is 5.54 Å². The largest absolute Gasteiger partial charge is 0.411 e. The second-order valence-corrected chi connectivity index (χ2v) is 3.55. The molecule has 0 unspecified atom stereocenters. The summed E-state index contributed by atoms with van der Waals surface area (Å²) in [4.78, 5) is 0. The van der Waals surface area contributed by atoms with Gasteiger partial charge in [-0.05, 0) is 13.8 Å². The predicted octanol–water partition coefficient (Wildman–Crippen LogP) is 2.04. The van der Waals surface area contributed by atoms with Crippen LogP contribution >= 0.6 is 12.4 Å². The van der Waals surface area contributed by atoms with Gasteiger partial charge in [-0.3, -0.25) is 0 Å². The SMILES string of the molecule is CC(C)(NO)C(=NO)c1ccccc1.Cl. The molecule has 0 aromatic heterocycles. The van der Waals surface area contributed by atoms with E-state index in [1.165, 1.54) is 0 Å². The molecule has 0 fully saturated rings. The summed E-state index contributed by atoms with van der Waals surface area (Å²) in [7, 11) is 0. The fraction of sp³-hybridized carbons (Fsp3) is 0.300. The van der Waals surface area contributed by atoms with Crippen LogP contribution in [0.2, 0.25) is 0 Å². The van der Waals surface area contributed by atoms with E-state index in [1.807, 2.05) is 30.3 Å². The first kappa shape index (κ1) is 13.9. The minimum Gasteiger partial charge on any atom is -0.411 e. The van der Waals surface area contributed by atoms with Gasteiger partial charge in [0.2, 0.25) is 0 Å². The molecular formula is C10H15ClN2O2. The van der Waals surface area contributed by atoms with Crippen molar-refractivity contribution < 1.29 is 10.4 Å². The Morgan fingerprint density at radius 2 is 1.80 bits per heavy atom. The van der Waals surface area contributed by atoms with E-state index in [2.05, 4.69) is 10.6 Å². The van der Waals surface area contributed by atoms with Gasteiger partial charge in [-0.25, -0.2) is 0 Å². The molecule has 0 aliphatic heterocycles. The molecule has 0 amide bonds. The molecular weight excluding hydrogens is 216 g/mol. The lowest BCUT2D eigenvalue weighted by Crippen LogP contribution is -2.45. The zero-order valence-corrected chi connectivity index (χ0v) is 9.45. The van der Waals surface area contributed by atoms with Gasteiger partial charge < -0.3 is 10.4 Å². The Kier molecular flexibility index (Phi) is 5.28. The van der Waals surface area contributed by atoms with Crippen LogP contribution < -0.4 is 5.48 Å². The van der Waals surface area contributed by atoms with Crippen molar-refractivity contribution in [2.24, 2.45) is 5.16 Å². The molecule has 0 aliphatic carbocycles. The van der Waals surface area contributed by atoms with Crippen LogP contribution in [0.4, 0.5) is 0 Å². The molecule has 0 saturated heterocycles. The van der Waals surface area contributed by atoms with E-state index in [0.29, 0.717) is 5.71 Å². The van der Waals surface area contributed by atoms with E-state index >= 15 is 0 Å². The third-order valence-electron chi connectivity index (χ3n) is 2.02. The van der Waals surface area contributed by atoms with Crippen LogP contribution in [0.3, 0.4) is 0 Å². The number of nitrogens with zero attached hydrogens (tertiary/aromatic N) is 1. The van der Waals surface area contributed by atoms with Crippen LogP contribution in [0.1, 0.15) is 19.4 Å². The number of halogens is 1. The smallest absolute Gasteiger partial charge is 0.108 e. The average molecular weight is 231 g/mol. The molecule has 0 bridgehead atoms. The molecule has 0 radical (unpaired) electrons. The molecule has 1 aromatic rings. The number of rotatable bonds is 3. The number of hydrogen-bond acceptors (Lipinski definition) is 4.